The summed E-state index contributed by atoms with van der Waals surface area (Å²) >= 11 is 0. The minimum absolute atomic E-state index is 0.258. The van der Waals surface area contributed by atoms with Crippen molar-refractivity contribution in [3.05, 3.63) is 40.1 Å². The predicted molar refractivity (Wildman–Crippen MR) is 82.9 cm³/mol. The van der Waals surface area contributed by atoms with Crippen LogP contribution in [0.1, 0.15) is 25.3 Å². The SMILES string of the molecule is CC1CC[NH+](Cc2cc([N+](=O)[O-])c(O)c3ncccc23)CC1. The smallest absolute Gasteiger partial charge is 0.313 e. The molecular weight excluding hydrogens is 282 g/mol. The third-order valence-electron chi connectivity index (χ3n) is 4.55. The van der Waals surface area contributed by atoms with Crippen LogP contribution in [0.2, 0.25) is 0 Å². The van der Waals surface area contributed by atoms with Gasteiger partial charge in [-0.05, 0) is 24.8 Å². The zero-order valence-corrected chi connectivity index (χ0v) is 12.6. The van der Waals surface area contributed by atoms with E-state index in [2.05, 4.69) is 11.9 Å². The number of hydrogen-bond donors (Lipinski definition) is 2. The van der Waals surface area contributed by atoms with E-state index in [1.54, 1.807) is 12.3 Å². The Hall–Kier alpha value is -2.21. The van der Waals surface area contributed by atoms with Gasteiger partial charge in [-0.2, -0.15) is 0 Å². The summed E-state index contributed by atoms with van der Waals surface area (Å²) in [6, 6.07) is 5.17. The van der Waals surface area contributed by atoms with Gasteiger partial charge in [-0.25, -0.2) is 0 Å². The molecule has 1 aromatic heterocycles. The highest BCUT2D eigenvalue weighted by molar-refractivity contribution is 5.90. The lowest BCUT2D eigenvalue weighted by molar-refractivity contribution is -0.919. The van der Waals surface area contributed by atoms with Crippen molar-refractivity contribution < 1.29 is 14.9 Å². The highest BCUT2D eigenvalue weighted by Gasteiger charge is 2.24. The molecule has 1 fully saturated rings. The number of nitro groups is 1. The molecule has 1 aliphatic heterocycles. The van der Waals surface area contributed by atoms with Gasteiger partial charge in [0.2, 0.25) is 5.75 Å². The summed E-state index contributed by atoms with van der Waals surface area (Å²) < 4.78 is 0. The number of piperidine rings is 1. The van der Waals surface area contributed by atoms with Gasteiger partial charge in [0, 0.05) is 23.2 Å². The van der Waals surface area contributed by atoms with E-state index >= 15 is 0 Å². The van der Waals surface area contributed by atoms with E-state index in [1.807, 2.05) is 6.07 Å². The lowest BCUT2D eigenvalue weighted by Crippen LogP contribution is -3.11. The maximum Gasteiger partial charge on any atom is 0.313 e. The molecule has 0 bridgehead atoms. The first-order chi connectivity index (χ1) is 10.6. The third-order valence-corrected chi connectivity index (χ3v) is 4.55. The van der Waals surface area contributed by atoms with Crippen molar-refractivity contribution in [3.8, 4) is 5.75 Å². The first kappa shape index (κ1) is 14.7. The average Bonchev–Trinajstić information content (AvgIpc) is 2.52. The predicted octanol–water partition coefficient (Wildman–Crippen LogP) is 1.66. The number of fused-ring (bicyclic) bond motifs is 1. The monoisotopic (exact) mass is 302 g/mol. The number of hydrogen-bond acceptors (Lipinski definition) is 4. The molecule has 0 unspecified atom stereocenters. The summed E-state index contributed by atoms with van der Waals surface area (Å²) in [7, 11) is 0. The topological polar surface area (TPSA) is 80.7 Å². The van der Waals surface area contributed by atoms with E-state index in [0.717, 1.165) is 36.5 Å². The normalized spacial score (nSPS) is 21.9. The number of quaternary nitrogens is 1. The standard InChI is InChI=1S/C16H19N3O3/c1-11-4-7-18(8-5-11)10-12-9-14(19(21)22)16(20)15-13(12)3-2-6-17-15/h2-3,6,9,11,20H,4-5,7-8,10H2,1H3/p+1. The van der Waals surface area contributed by atoms with Crippen molar-refractivity contribution in [1.82, 2.24) is 4.98 Å². The molecule has 6 heteroatoms. The number of aromatic hydroxyl groups is 1. The lowest BCUT2D eigenvalue weighted by atomic mass is 9.98. The molecule has 0 atom stereocenters. The number of phenols is 1. The molecule has 2 aromatic rings. The van der Waals surface area contributed by atoms with E-state index in [1.165, 1.54) is 23.8 Å². The molecule has 2 N–H and O–H groups in total. The van der Waals surface area contributed by atoms with Gasteiger partial charge in [0.15, 0.2) is 0 Å². The van der Waals surface area contributed by atoms with Crippen molar-refractivity contribution in [2.75, 3.05) is 13.1 Å². The Labute approximate surface area is 128 Å². The molecular formula is C16H20N3O3+. The summed E-state index contributed by atoms with van der Waals surface area (Å²) in [6.07, 6.45) is 3.92. The molecule has 0 radical (unpaired) electrons. The highest BCUT2D eigenvalue weighted by atomic mass is 16.6. The van der Waals surface area contributed by atoms with Crippen molar-refractivity contribution in [2.45, 2.75) is 26.3 Å². The molecule has 0 spiro atoms. The number of nitrogens with zero attached hydrogens (tertiary/aromatic N) is 2. The minimum atomic E-state index is -0.541. The molecule has 0 aliphatic carbocycles. The quantitative estimate of drug-likeness (QED) is 0.667. The highest BCUT2D eigenvalue weighted by Crippen LogP contribution is 2.35. The zero-order chi connectivity index (χ0) is 15.7. The second-order valence-electron chi connectivity index (χ2n) is 6.17. The number of nitro benzene ring substituents is 1. The van der Waals surface area contributed by atoms with Crippen LogP contribution in [0, 0.1) is 16.0 Å². The number of rotatable bonds is 3. The molecule has 0 amide bonds. The van der Waals surface area contributed by atoms with E-state index in [0.29, 0.717) is 5.52 Å². The molecule has 22 heavy (non-hydrogen) atoms. The van der Waals surface area contributed by atoms with Gasteiger partial charge in [0.1, 0.15) is 12.1 Å². The summed E-state index contributed by atoms with van der Waals surface area (Å²) in [5.74, 6) is 0.419. The van der Waals surface area contributed by atoms with E-state index in [9.17, 15) is 15.2 Å². The summed E-state index contributed by atoms with van der Waals surface area (Å²) in [6.45, 7) is 5.16. The van der Waals surface area contributed by atoms with Crippen LogP contribution >= 0.6 is 0 Å². The van der Waals surface area contributed by atoms with Crippen LogP contribution in [0.4, 0.5) is 5.69 Å². The zero-order valence-electron chi connectivity index (χ0n) is 12.6. The number of aromatic nitrogens is 1. The van der Waals surface area contributed by atoms with Crippen LogP contribution in [-0.2, 0) is 6.54 Å². The van der Waals surface area contributed by atoms with E-state index in [4.69, 9.17) is 0 Å². The average molecular weight is 302 g/mol. The summed E-state index contributed by atoms with van der Waals surface area (Å²) in [5.41, 5.74) is 0.944. The van der Waals surface area contributed by atoms with Crippen LogP contribution in [0.5, 0.6) is 5.75 Å². The van der Waals surface area contributed by atoms with Crippen molar-refractivity contribution in [3.63, 3.8) is 0 Å². The molecule has 3 rings (SSSR count). The van der Waals surface area contributed by atoms with Crippen LogP contribution < -0.4 is 4.90 Å². The van der Waals surface area contributed by atoms with Crippen molar-refractivity contribution in [2.24, 2.45) is 5.92 Å². The maximum atomic E-state index is 11.2. The van der Waals surface area contributed by atoms with Gasteiger partial charge in [-0.1, -0.05) is 13.0 Å². The Morgan fingerprint density at radius 2 is 2.18 bits per heavy atom. The van der Waals surface area contributed by atoms with Gasteiger partial charge in [0.05, 0.1) is 18.0 Å². The second kappa shape index (κ2) is 5.88. The molecule has 0 saturated carbocycles. The molecule has 2 heterocycles. The number of nitrogens with one attached hydrogen (secondary N) is 1. The minimum Gasteiger partial charge on any atom is -0.501 e. The molecule has 6 nitrogen and oxygen atoms in total. The van der Waals surface area contributed by atoms with Gasteiger partial charge < -0.3 is 10.0 Å². The Morgan fingerprint density at radius 3 is 2.86 bits per heavy atom. The number of benzene rings is 1. The third kappa shape index (κ3) is 2.74. The van der Waals surface area contributed by atoms with Gasteiger partial charge in [-0.15, -0.1) is 0 Å². The Morgan fingerprint density at radius 1 is 1.45 bits per heavy atom. The Bertz CT molecular complexity index is 709. The van der Waals surface area contributed by atoms with E-state index in [-0.39, 0.29) is 11.4 Å². The van der Waals surface area contributed by atoms with Gasteiger partial charge in [0.25, 0.3) is 0 Å². The Kier molecular flexibility index (Phi) is 3.94. The fourth-order valence-electron chi connectivity index (χ4n) is 3.19. The van der Waals surface area contributed by atoms with E-state index < -0.39 is 4.92 Å². The first-order valence-corrected chi connectivity index (χ1v) is 7.63. The molecule has 1 aromatic carbocycles. The van der Waals surface area contributed by atoms with Crippen LogP contribution in [0.15, 0.2) is 24.4 Å². The second-order valence-corrected chi connectivity index (χ2v) is 6.17. The molecule has 1 saturated heterocycles. The van der Waals surface area contributed by atoms with Crippen molar-refractivity contribution in [1.29, 1.82) is 0 Å². The first-order valence-electron chi connectivity index (χ1n) is 7.63. The number of likely N-dealkylation sites (tertiary alicyclic amines) is 1. The maximum absolute atomic E-state index is 11.2. The lowest BCUT2D eigenvalue weighted by Gasteiger charge is -2.27. The fourth-order valence-corrected chi connectivity index (χ4v) is 3.19. The van der Waals surface area contributed by atoms with Crippen LogP contribution in [0.25, 0.3) is 10.9 Å². The van der Waals surface area contributed by atoms with Gasteiger partial charge >= 0.3 is 5.69 Å². The Balaban J connectivity index is 2.01. The van der Waals surface area contributed by atoms with Crippen molar-refractivity contribution >= 4 is 16.6 Å². The molecule has 116 valence electrons. The summed E-state index contributed by atoms with van der Waals surface area (Å²) in [5, 5.41) is 22.0. The van der Waals surface area contributed by atoms with Gasteiger partial charge in [-0.3, -0.25) is 15.1 Å². The summed E-state index contributed by atoms with van der Waals surface area (Å²) in [4.78, 5) is 16.2. The fraction of sp³-hybridized carbons (Fsp3) is 0.438. The van der Waals surface area contributed by atoms with Crippen LogP contribution in [0.3, 0.4) is 0 Å². The molecule has 1 aliphatic rings. The van der Waals surface area contributed by atoms with Crippen LogP contribution in [-0.4, -0.2) is 28.1 Å². The number of pyridine rings is 1. The number of phenolic OH excluding ortho intramolecular Hbond substituents is 1. The largest absolute Gasteiger partial charge is 0.501 e.